The summed E-state index contributed by atoms with van der Waals surface area (Å²) in [6.07, 6.45) is 5.45. The summed E-state index contributed by atoms with van der Waals surface area (Å²) < 4.78 is 0. The van der Waals surface area contributed by atoms with E-state index < -0.39 is 0 Å². The van der Waals surface area contributed by atoms with Crippen LogP contribution in [0.25, 0.3) is 10.9 Å². The van der Waals surface area contributed by atoms with Gasteiger partial charge < -0.3 is 11.1 Å². The van der Waals surface area contributed by atoms with Gasteiger partial charge in [-0.05, 0) is 85.5 Å². The maximum absolute atomic E-state index is 7.19. The second-order valence-corrected chi connectivity index (χ2v) is 10.4. The Bertz CT molecular complexity index is 1380. The molecule has 0 bridgehead atoms. The topological polar surface area (TPSA) is 54.2 Å². The molecular weight excluding hydrogens is 428 g/mol. The van der Waals surface area contributed by atoms with E-state index >= 15 is 0 Å². The monoisotopic (exact) mass is 462 g/mol. The molecule has 0 radical (unpaired) electrons. The fourth-order valence-electron chi connectivity index (χ4n) is 5.99. The number of aryl methyl sites for hydroxylation is 2. The third kappa shape index (κ3) is 4.44. The van der Waals surface area contributed by atoms with E-state index in [1.54, 1.807) is 0 Å². The number of rotatable bonds is 5. The van der Waals surface area contributed by atoms with Gasteiger partial charge in [0.15, 0.2) is 0 Å². The van der Waals surface area contributed by atoms with Crippen molar-refractivity contribution in [2.24, 2.45) is 5.73 Å². The average Bonchev–Trinajstić information content (AvgIpc) is 2.88. The van der Waals surface area contributed by atoms with Crippen LogP contribution in [-0.4, -0.2) is 23.0 Å². The first-order chi connectivity index (χ1) is 17.1. The van der Waals surface area contributed by atoms with E-state index in [0.717, 1.165) is 79.7 Å². The largest absolute Gasteiger partial charge is 0.355 e. The number of hydrogen-bond acceptors (Lipinski definition) is 4. The van der Waals surface area contributed by atoms with Crippen LogP contribution in [0.5, 0.6) is 0 Å². The lowest BCUT2D eigenvalue weighted by Crippen LogP contribution is -2.44. The fraction of sp³-hybridized carbons (Fsp3) is 0.323. The van der Waals surface area contributed by atoms with Gasteiger partial charge in [-0.2, -0.15) is 0 Å². The van der Waals surface area contributed by atoms with E-state index in [4.69, 9.17) is 5.73 Å². The maximum Gasteiger partial charge on any atom is 0.0726 e. The van der Waals surface area contributed by atoms with Crippen molar-refractivity contribution in [2.45, 2.75) is 51.1 Å². The summed E-state index contributed by atoms with van der Waals surface area (Å²) in [5.74, 6) is 0. The van der Waals surface area contributed by atoms with Crippen molar-refractivity contribution >= 4 is 22.3 Å². The average molecular weight is 463 g/mol. The molecule has 1 unspecified atom stereocenters. The van der Waals surface area contributed by atoms with Crippen molar-refractivity contribution in [3.05, 3.63) is 101 Å². The molecule has 35 heavy (non-hydrogen) atoms. The normalized spacial score (nSPS) is 19.8. The predicted molar refractivity (Wildman–Crippen MR) is 145 cm³/mol. The van der Waals surface area contributed by atoms with E-state index in [9.17, 15) is 0 Å². The van der Waals surface area contributed by atoms with E-state index in [-0.39, 0.29) is 5.54 Å². The van der Waals surface area contributed by atoms with Crippen molar-refractivity contribution in [1.29, 1.82) is 0 Å². The summed E-state index contributed by atoms with van der Waals surface area (Å²) >= 11 is 0. The summed E-state index contributed by atoms with van der Waals surface area (Å²) in [5.41, 5.74) is 16.8. The van der Waals surface area contributed by atoms with Gasteiger partial charge in [0.2, 0.25) is 0 Å². The van der Waals surface area contributed by atoms with Gasteiger partial charge >= 0.3 is 0 Å². The lowest BCUT2D eigenvalue weighted by molar-refractivity contribution is 0.212. The predicted octanol–water partition coefficient (Wildman–Crippen LogP) is 6.23. The number of nitrogens with two attached hydrogens (primary N) is 1. The molecule has 1 aliphatic heterocycles. The zero-order valence-corrected chi connectivity index (χ0v) is 20.6. The molecule has 1 aliphatic carbocycles. The summed E-state index contributed by atoms with van der Waals surface area (Å²) in [5, 5.41) is 4.83. The molecule has 3 aromatic carbocycles. The SMILES string of the molecule is Cc1cc(Nc2ccc3c(c2)C(N)(CCN2CCc4ccccc4C2)CCC3)c2ccccc2n1. The highest BCUT2D eigenvalue weighted by Gasteiger charge is 2.33. The van der Waals surface area contributed by atoms with Crippen LogP contribution in [0.4, 0.5) is 11.4 Å². The Morgan fingerprint density at radius 2 is 1.77 bits per heavy atom. The summed E-state index contributed by atoms with van der Waals surface area (Å²) in [4.78, 5) is 7.27. The fourth-order valence-corrected chi connectivity index (χ4v) is 5.99. The summed E-state index contributed by atoms with van der Waals surface area (Å²) in [6, 6.07) is 26.1. The van der Waals surface area contributed by atoms with Crippen molar-refractivity contribution < 1.29 is 0 Å². The van der Waals surface area contributed by atoms with E-state index in [2.05, 4.69) is 81.9 Å². The molecule has 6 rings (SSSR count). The number of nitrogens with one attached hydrogen (secondary N) is 1. The second-order valence-electron chi connectivity index (χ2n) is 10.4. The lowest BCUT2D eigenvalue weighted by atomic mass is 9.75. The zero-order valence-electron chi connectivity index (χ0n) is 20.6. The molecule has 1 atom stereocenters. The maximum atomic E-state index is 7.19. The molecule has 4 heteroatoms. The Hall–Kier alpha value is -3.21. The number of hydrogen-bond donors (Lipinski definition) is 2. The van der Waals surface area contributed by atoms with Crippen LogP contribution in [0, 0.1) is 6.92 Å². The van der Waals surface area contributed by atoms with Gasteiger partial charge in [-0.1, -0.05) is 48.5 Å². The van der Waals surface area contributed by atoms with Gasteiger partial charge in [0, 0.05) is 47.6 Å². The summed E-state index contributed by atoms with van der Waals surface area (Å²) in [7, 11) is 0. The Balaban J connectivity index is 1.24. The van der Waals surface area contributed by atoms with Gasteiger partial charge in [-0.3, -0.25) is 9.88 Å². The number of nitrogens with zero attached hydrogens (tertiary/aromatic N) is 2. The molecule has 4 aromatic rings. The molecule has 0 saturated heterocycles. The standard InChI is InChI=1S/C31H34N4/c1-22-19-30(27-10-4-5-11-29(27)33-22)34-26-13-12-24-9-6-15-31(32,28(24)20-26)16-18-35-17-14-23-7-2-3-8-25(23)21-35/h2-5,7-8,10-13,19-20H,6,9,14-18,21,32H2,1H3,(H,33,34). The number of aromatic nitrogens is 1. The quantitative estimate of drug-likeness (QED) is 0.369. The lowest BCUT2D eigenvalue weighted by Gasteiger charge is -2.38. The highest BCUT2D eigenvalue weighted by atomic mass is 15.1. The van der Waals surface area contributed by atoms with Gasteiger partial charge in [-0.15, -0.1) is 0 Å². The number of fused-ring (bicyclic) bond motifs is 3. The van der Waals surface area contributed by atoms with Crippen LogP contribution in [0.3, 0.4) is 0 Å². The minimum Gasteiger partial charge on any atom is -0.355 e. The molecule has 2 heterocycles. The van der Waals surface area contributed by atoms with Gasteiger partial charge in [0.25, 0.3) is 0 Å². The summed E-state index contributed by atoms with van der Waals surface area (Å²) in [6.45, 7) is 5.25. The van der Waals surface area contributed by atoms with Crippen molar-refractivity contribution in [3.63, 3.8) is 0 Å². The van der Waals surface area contributed by atoms with Crippen LogP contribution < -0.4 is 11.1 Å². The molecule has 178 valence electrons. The van der Waals surface area contributed by atoms with Gasteiger partial charge in [0.05, 0.1) is 5.52 Å². The second kappa shape index (κ2) is 9.10. The molecule has 0 fully saturated rings. The zero-order chi connectivity index (χ0) is 23.8. The third-order valence-corrected chi connectivity index (χ3v) is 7.92. The van der Waals surface area contributed by atoms with E-state index in [1.165, 1.54) is 22.3 Å². The number of benzene rings is 3. The van der Waals surface area contributed by atoms with E-state index in [1.807, 2.05) is 13.0 Å². The Morgan fingerprint density at radius 3 is 2.69 bits per heavy atom. The van der Waals surface area contributed by atoms with Gasteiger partial charge in [-0.25, -0.2) is 0 Å². The first kappa shape index (κ1) is 22.3. The van der Waals surface area contributed by atoms with Crippen LogP contribution >= 0.6 is 0 Å². The molecule has 1 aromatic heterocycles. The molecular formula is C31H34N4. The smallest absolute Gasteiger partial charge is 0.0726 e. The van der Waals surface area contributed by atoms with Crippen LogP contribution in [0.15, 0.2) is 72.8 Å². The molecule has 2 aliphatic rings. The number of pyridine rings is 1. The Labute approximate surface area is 208 Å². The van der Waals surface area contributed by atoms with Crippen molar-refractivity contribution in [1.82, 2.24) is 9.88 Å². The van der Waals surface area contributed by atoms with Crippen LogP contribution in [0.2, 0.25) is 0 Å². The minimum absolute atomic E-state index is 0.279. The minimum atomic E-state index is -0.279. The molecule has 4 nitrogen and oxygen atoms in total. The highest BCUT2D eigenvalue weighted by Crippen LogP contribution is 2.39. The van der Waals surface area contributed by atoms with Crippen molar-refractivity contribution in [3.8, 4) is 0 Å². The Morgan fingerprint density at radius 1 is 0.943 bits per heavy atom. The molecule has 0 spiro atoms. The van der Waals surface area contributed by atoms with E-state index in [0.29, 0.717) is 0 Å². The van der Waals surface area contributed by atoms with Crippen LogP contribution in [-0.2, 0) is 24.9 Å². The molecule has 0 amide bonds. The first-order valence-corrected chi connectivity index (χ1v) is 12.9. The number of anilines is 2. The van der Waals surface area contributed by atoms with Gasteiger partial charge in [0.1, 0.15) is 0 Å². The number of para-hydroxylation sites is 1. The third-order valence-electron chi connectivity index (χ3n) is 7.92. The highest BCUT2D eigenvalue weighted by molar-refractivity contribution is 5.93. The van der Waals surface area contributed by atoms with Crippen LogP contribution in [0.1, 0.15) is 47.2 Å². The van der Waals surface area contributed by atoms with Crippen molar-refractivity contribution in [2.75, 3.05) is 18.4 Å². The molecule has 0 saturated carbocycles. The first-order valence-electron chi connectivity index (χ1n) is 12.9. The molecule has 3 N–H and O–H groups in total. The Kier molecular flexibility index (Phi) is 5.79.